The van der Waals surface area contributed by atoms with E-state index in [1.807, 2.05) is 0 Å². The predicted octanol–water partition coefficient (Wildman–Crippen LogP) is 0.194. The van der Waals surface area contributed by atoms with E-state index in [1.54, 1.807) is 0 Å². The molecule has 5 N–H and O–H groups in total. The van der Waals surface area contributed by atoms with Gasteiger partial charge in [0.2, 0.25) is 17.7 Å². The molecule has 0 aromatic rings. The Morgan fingerprint density at radius 2 is 1.56 bits per heavy atom. The average Bonchev–Trinajstić information content (AvgIpc) is 2.53. The lowest BCUT2D eigenvalue weighted by molar-refractivity contribution is -0.121. The Balaban J connectivity index is 0.000000327. The van der Waals surface area contributed by atoms with Gasteiger partial charge < -0.3 is 16.8 Å². The van der Waals surface area contributed by atoms with E-state index in [-0.39, 0.29) is 17.7 Å². The Labute approximate surface area is 107 Å². The standard InChI is InChI=1S/C6H12N2O2.C6H11NO/c7-5(9)3-1-2-4-6(8)10;8-6-4-2-1-3-5-7-6/h1-4H2,(H2,7,9)(H2,8,10);1-5H2,(H,7,8). The molecular formula is C12H23N3O3. The summed E-state index contributed by atoms with van der Waals surface area (Å²) in [5.74, 6) is -0.434. The third-order valence-electron chi connectivity index (χ3n) is 2.50. The van der Waals surface area contributed by atoms with Crippen LogP contribution in [-0.2, 0) is 14.4 Å². The van der Waals surface area contributed by atoms with E-state index in [0.29, 0.717) is 25.7 Å². The molecule has 6 nitrogen and oxygen atoms in total. The van der Waals surface area contributed by atoms with Crippen molar-refractivity contribution in [2.45, 2.75) is 51.4 Å². The highest BCUT2D eigenvalue weighted by Gasteiger charge is 2.03. The van der Waals surface area contributed by atoms with Crippen LogP contribution in [-0.4, -0.2) is 24.3 Å². The summed E-state index contributed by atoms with van der Waals surface area (Å²) in [6.45, 7) is 0.888. The van der Waals surface area contributed by atoms with Crippen molar-refractivity contribution in [1.29, 1.82) is 0 Å². The topological polar surface area (TPSA) is 115 Å². The maximum atomic E-state index is 10.6. The highest BCUT2D eigenvalue weighted by molar-refractivity contribution is 5.76. The lowest BCUT2D eigenvalue weighted by Gasteiger charge is -1.93. The highest BCUT2D eigenvalue weighted by atomic mass is 16.2. The van der Waals surface area contributed by atoms with Gasteiger partial charge in [0, 0.05) is 25.8 Å². The van der Waals surface area contributed by atoms with Gasteiger partial charge in [-0.2, -0.15) is 0 Å². The fourth-order valence-corrected chi connectivity index (χ4v) is 1.50. The fourth-order valence-electron chi connectivity index (χ4n) is 1.50. The largest absolute Gasteiger partial charge is 0.370 e. The number of amides is 3. The molecule has 0 spiro atoms. The van der Waals surface area contributed by atoms with Gasteiger partial charge in [-0.25, -0.2) is 0 Å². The van der Waals surface area contributed by atoms with Gasteiger partial charge in [0.25, 0.3) is 0 Å². The normalized spacial score (nSPS) is 14.8. The van der Waals surface area contributed by atoms with Gasteiger partial charge in [0.15, 0.2) is 0 Å². The zero-order chi connectivity index (χ0) is 13.8. The molecule has 18 heavy (non-hydrogen) atoms. The van der Waals surface area contributed by atoms with Crippen molar-refractivity contribution < 1.29 is 14.4 Å². The molecule has 1 aliphatic heterocycles. The van der Waals surface area contributed by atoms with E-state index in [9.17, 15) is 14.4 Å². The zero-order valence-corrected chi connectivity index (χ0v) is 10.7. The van der Waals surface area contributed by atoms with Gasteiger partial charge in [0.1, 0.15) is 0 Å². The van der Waals surface area contributed by atoms with Crippen LogP contribution in [0, 0.1) is 0 Å². The molecule has 0 saturated carbocycles. The molecule has 0 atom stereocenters. The van der Waals surface area contributed by atoms with Crippen LogP contribution in [0.2, 0.25) is 0 Å². The first kappa shape index (κ1) is 16.4. The van der Waals surface area contributed by atoms with Crippen LogP contribution in [0.3, 0.4) is 0 Å². The molecule has 1 fully saturated rings. The van der Waals surface area contributed by atoms with Crippen LogP contribution < -0.4 is 16.8 Å². The third-order valence-corrected chi connectivity index (χ3v) is 2.50. The summed E-state index contributed by atoms with van der Waals surface area (Å²) in [5.41, 5.74) is 9.71. The van der Waals surface area contributed by atoms with Crippen molar-refractivity contribution in [1.82, 2.24) is 5.32 Å². The fraction of sp³-hybridized carbons (Fsp3) is 0.750. The summed E-state index contributed by atoms with van der Waals surface area (Å²) in [4.78, 5) is 30.9. The number of carbonyl (C=O) groups excluding carboxylic acids is 3. The van der Waals surface area contributed by atoms with Crippen LogP contribution in [0.1, 0.15) is 51.4 Å². The number of hydrogen-bond acceptors (Lipinski definition) is 3. The van der Waals surface area contributed by atoms with Crippen molar-refractivity contribution in [2.75, 3.05) is 6.54 Å². The van der Waals surface area contributed by atoms with Gasteiger partial charge >= 0.3 is 0 Å². The second kappa shape index (κ2) is 10.6. The molecule has 0 aromatic heterocycles. The van der Waals surface area contributed by atoms with Crippen molar-refractivity contribution in [3.63, 3.8) is 0 Å². The second-order valence-corrected chi connectivity index (χ2v) is 4.30. The van der Waals surface area contributed by atoms with Crippen molar-refractivity contribution in [3.05, 3.63) is 0 Å². The molecule has 0 aliphatic carbocycles. The molecule has 0 bridgehead atoms. The van der Waals surface area contributed by atoms with Crippen molar-refractivity contribution >= 4 is 17.7 Å². The Morgan fingerprint density at radius 1 is 1.00 bits per heavy atom. The van der Waals surface area contributed by atoms with Gasteiger partial charge in [0.05, 0.1) is 0 Å². The first-order valence-electron chi connectivity index (χ1n) is 6.35. The molecule has 0 unspecified atom stereocenters. The molecular weight excluding hydrogens is 234 g/mol. The maximum absolute atomic E-state index is 10.6. The van der Waals surface area contributed by atoms with E-state index < -0.39 is 0 Å². The molecule has 1 heterocycles. The van der Waals surface area contributed by atoms with Crippen LogP contribution in [0.25, 0.3) is 0 Å². The number of primary amides is 2. The minimum absolute atomic E-state index is 0.225. The summed E-state index contributed by atoms with van der Waals surface area (Å²) in [7, 11) is 0. The van der Waals surface area contributed by atoms with E-state index >= 15 is 0 Å². The summed E-state index contributed by atoms with van der Waals surface area (Å²) in [6, 6.07) is 0. The molecule has 1 aliphatic rings. The van der Waals surface area contributed by atoms with Crippen LogP contribution in [0.4, 0.5) is 0 Å². The van der Waals surface area contributed by atoms with Gasteiger partial charge in [-0.05, 0) is 25.7 Å². The maximum Gasteiger partial charge on any atom is 0.219 e. The molecule has 104 valence electrons. The van der Waals surface area contributed by atoms with E-state index in [1.165, 1.54) is 6.42 Å². The van der Waals surface area contributed by atoms with Gasteiger partial charge in [-0.15, -0.1) is 0 Å². The molecule has 1 rings (SSSR count). The SMILES string of the molecule is NC(=O)CCCCC(N)=O.O=C1CCCCCN1. The predicted molar refractivity (Wildman–Crippen MR) is 68.3 cm³/mol. The van der Waals surface area contributed by atoms with Crippen LogP contribution >= 0.6 is 0 Å². The Morgan fingerprint density at radius 3 is 2.06 bits per heavy atom. The van der Waals surface area contributed by atoms with E-state index in [0.717, 1.165) is 25.8 Å². The number of hydrogen-bond donors (Lipinski definition) is 3. The Hall–Kier alpha value is -1.59. The lowest BCUT2D eigenvalue weighted by Crippen LogP contribution is -2.21. The molecule has 0 aromatic carbocycles. The molecule has 0 radical (unpaired) electrons. The minimum atomic E-state index is -0.329. The molecule has 6 heteroatoms. The first-order valence-corrected chi connectivity index (χ1v) is 6.35. The summed E-state index contributed by atoms with van der Waals surface area (Å²) in [6.07, 6.45) is 6.16. The summed E-state index contributed by atoms with van der Waals surface area (Å²) < 4.78 is 0. The minimum Gasteiger partial charge on any atom is -0.370 e. The Bertz CT molecular complexity index is 254. The van der Waals surface area contributed by atoms with Crippen molar-refractivity contribution in [2.24, 2.45) is 11.5 Å². The summed E-state index contributed by atoms with van der Waals surface area (Å²) >= 11 is 0. The monoisotopic (exact) mass is 257 g/mol. The third kappa shape index (κ3) is 12.5. The van der Waals surface area contributed by atoms with Gasteiger partial charge in [-0.1, -0.05) is 6.42 Å². The Kier molecular flexibility index (Phi) is 9.62. The number of nitrogens with one attached hydrogen (secondary N) is 1. The number of rotatable bonds is 5. The van der Waals surface area contributed by atoms with Gasteiger partial charge in [-0.3, -0.25) is 14.4 Å². The lowest BCUT2D eigenvalue weighted by atomic mass is 10.2. The van der Waals surface area contributed by atoms with E-state index in [2.05, 4.69) is 5.32 Å². The number of nitrogens with two attached hydrogens (primary N) is 2. The molecule has 3 amide bonds. The number of unbranched alkanes of at least 4 members (excludes halogenated alkanes) is 1. The van der Waals surface area contributed by atoms with E-state index in [4.69, 9.17) is 11.5 Å². The quantitative estimate of drug-likeness (QED) is 0.611. The average molecular weight is 257 g/mol. The zero-order valence-electron chi connectivity index (χ0n) is 10.7. The smallest absolute Gasteiger partial charge is 0.219 e. The second-order valence-electron chi connectivity index (χ2n) is 4.30. The summed E-state index contributed by atoms with van der Waals surface area (Å²) in [5, 5.41) is 2.81. The first-order chi connectivity index (χ1) is 8.52. The van der Waals surface area contributed by atoms with Crippen LogP contribution in [0.15, 0.2) is 0 Å². The van der Waals surface area contributed by atoms with Crippen LogP contribution in [0.5, 0.6) is 0 Å². The van der Waals surface area contributed by atoms with Crippen molar-refractivity contribution in [3.8, 4) is 0 Å². The molecule has 1 saturated heterocycles. The number of carbonyl (C=O) groups is 3. The highest BCUT2D eigenvalue weighted by Crippen LogP contribution is 2.02.